The number of Topliss-reactive ketones (excluding diaryl/α,β-unsaturated/α-hetero) is 1. The van der Waals surface area contributed by atoms with E-state index in [0.29, 0.717) is 17.2 Å². The molecule has 0 spiro atoms. The smallest absolute Gasteiger partial charge is 0.277 e. The Morgan fingerprint density at radius 1 is 1.19 bits per heavy atom. The Labute approximate surface area is 157 Å². The zero-order valence-corrected chi connectivity index (χ0v) is 16.6. The number of benzene rings is 1. The second-order valence-corrected chi connectivity index (χ2v) is 7.63. The van der Waals surface area contributed by atoms with Gasteiger partial charge in [-0.15, -0.1) is 10.2 Å². The molecule has 0 aliphatic carbocycles. The predicted octanol–water partition coefficient (Wildman–Crippen LogP) is 5.02. The van der Waals surface area contributed by atoms with Gasteiger partial charge in [0.2, 0.25) is 5.89 Å². The van der Waals surface area contributed by atoms with E-state index in [4.69, 9.17) is 4.42 Å². The molecule has 0 N–H and O–H groups in total. The first-order valence-corrected chi connectivity index (χ1v) is 9.60. The normalized spacial score (nSPS) is 11.3. The molecule has 0 unspecified atom stereocenters. The third kappa shape index (κ3) is 3.75. The molecule has 5 nitrogen and oxygen atoms in total. The fourth-order valence-electron chi connectivity index (χ4n) is 3.22. The van der Waals surface area contributed by atoms with Crippen molar-refractivity contribution in [3.8, 4) is 11.5 Å². The number of thioether (sulfide) groups is 1. The SMILES string of the molecule is Cc1cccc(-c2nnc(SCC(=O)c3cc(C)n(C(C)C)c3C)o2)c1. The van der Waals surface area contributed by atoms with Gasteiger partial charge in [0, 0.05) is 28.6 Å². The Balaban J connectivity index is 1.70. The van der Waals surface area contributed by atoms with Gasteiger partial charge in [0.1, 0.15) is 0 Å². The van der Waals surface area contributed by atoms with E-state index >= 15 is 0 Å². The summed E-state index contributed by atoms with van der Waals surface area (Å²) in [4.78, 5) is 12.6. The van der Waals surface area contributed by atoms with Gasteiger partial charge >= 0.3 is 0 Å². The van der Waals surface area contributed by atoms with Gasteiger partial charge in [-0.05, 0) is 52.8 Å². The third-order valence-corrected chi connectivity index (χ3v) is 5.12. The van der Waals surface area contributed by atoms with Crippen LogP contribution in [-0.4, -0.2) is 26.3 Å². The van der Waals surface area contributed by atoms with Crippen molar-refractivity contribution in [3.63, 3.8) is 0 Å². The number of carbonyl (C=O) groups is 1. The van der Waals surface area contributed by atoms with Crippen molar-refractivity contribution in [2.24, 2.45) is 0 Å². The molecule has 3 rings (SSSR count). The molecule has 26 heavy (non-hydrogen) atoms. The second-order valence-electron chi connectivity index (χ2n) is 6.70. The Kier molecular flexibility index (Phi) is 5.32. The van der Waals surface area contributed by atoms with E-state index in [9.17, 15) is 4.79 Å². The van der Waals surface area contributed by atoms with Gasteiger partial charge in [0.05, 0.1) is 5.75 Å². The van der Waals surface area contributed by atoms with Gasteiger partial charge in [-0.25, -0.2) is 0 Å². The molecule has 1 aromatic carbocycles. The van der Waals surface area contributed by atoms with E-state index in [1.807, 2.05) is 51.1 Å². The fourth-order valence-corrected chi connectivity index (χ4v) is 3.87. The summed E-state index contributed by atoms with van der Waals surface area (Å²) < 4.78 is 7.87. The van der Waals surface area contributed by atoms with Crippen LogP contribution in [0.4, 0.5) is 0 Å². The molecule has 0 saturated carbocycles. The monoisotopic (exact) mass is 369 g/mol. The molecule has 0 radical (unpaired) electrons. The lowest BCUT2D eigenvalue weighted by Crippen LogP contribution is -2.08. The highest BCUT2D eigenvalue weighted by molar-refractivity contribution is 7.99. The highest BCUT2D eigenvalue weighted by Crippen LogP contribution is 2.26. The quantitative estimate of drug-likeness (QED) is 0.451. The van der Waals surface area contributed by atoms with E-state index in [0.717, 1.165) is 28.1 Å². The van der Waals surface area contributed by atoms with Gasteiger partial charge < -0.3 is 8.98 Å². The molecule has 2 heterocycles. The zero-order chi connectivity index (χ0) is 18.8. The van der Waals surface area contributed by atoms with E-state index < -0.39 is 0 Å². The van der Waals surface area contributed by atoms with Crippen molar-refractivity contribution in [2.75, 3.05) is 5.75 Å². The van der Waals surface area contributed by atoms with Crippen LogP contribution < -0.4 is 0 Å². The first kappa shape index (κ1) is 18.5. The molecule has 0 amide bonds. The first-order valence-electron chi connectivity index (χ1n) is 8.61. The molecule has 136 valence electrons. The predicted molar refractivity (Wildman–Crippen MR) is 104 cm³/mol. The number of aryl methyl sites for hydroxylation is 2. The highest BCUT2D eigenvalue weighted by Gasteiger charge is 2.18. The van der Waals surface area contributed by atoms with Crippen LogP contribution in [0.2, 0.25) is 0 Å². The largest absolute Gasteiger partial charge is 0.411 e. The van der Waals surface area contributed by atoms with Crippen molar-refractivity contribution in [1.82, 2.24) is 14.8 Å². The summed E-state index contributed by atoms with van der Waals surface area (Å²) in [5.41, 5.74) is 4.89. The Hall–Kier alpha value is -2.34. The van der Waals surface area contributed by atoms with Crippen LogP contribution in [0.25, 0.3) is 11.5 Å². The van der Waals surface area contributed by atoms with Crippen LogP contribution in [0.1, 0.15) is 47.2 Å². The summed E-state index contributed by atoms with van der Waals surface area (Å²) in [6.45, 7) is 10.3. The average molecular weight is 369 g/mol. The molecule has 0 saturated heterocycles. The standard InChI is InChI=1S/C20H23N3O2S/c1-12(2)23-14(4)10-17(15(23)5)18(24)11-26-20-22-21-19(25-20)16-8-6-7-13(3)9-16/h6-10,12H,11H2,1-5H3. The summed E-state index contributed by atoms with van der Waals surface area (Å²) >= 11 is 1.28. The number of ketones is 1. The van der Waals surface area contributed by atoms with Crippen LogP contribution in [-0.2, 0) is 0 Å². The molecular formula is C20H23N3O2S. The summed E-state index contributed by atoms with van der Waals surface area (Å²) in [6.07, 6.45) is 0. The van der Waals surface area contributed by atoms with Crippen molar-refractivity contribution in [1.29, 1.82) is 0 Å². The molecule has 0 aliphatic rings. The number of carbonyl (C=O) groups excluding carboxylic acids is 1. The summed E-state index contributed by atoms with van der Waals surface area (Å²) in [5, 5.41) is 8.54. The van der Waals surface area contributed by atoms with Crippen molar-refractivity contribution in [3.05, 3.63) is 52.8 Å². The number of hydrogen-bond acceptors (Lipinski definition) is 5. The van der Waals surface area contributed by atoms with E-state index in [2.05, 4.69) is 28.6 Å². The van der Waals surface area contributed by atoms with Gasteiger partial charge in [-0.2, -0.15) is 0 Å². The van der Waals surface area contributed by atoms with Crippen LogP contribution in [0.3, 0.4) is 0 Å². The lowest BCUT2D eigenvalue weighted by molar-refractivity contribution is 0.102. The van der Waals surface area contributed by atoms with Crippen LogP contribution >= 0.6 is 11.8 Å². The Morgan fingerprint density at radius 2 is 1.96 bits per heavy atom. The molecule has 0 fully saturated rings. The van der Waals surface area contributed by atoms with Crippen LogP contribution in [0.15, 0.2) is 40.0 Å². The van der Waals surface area contributed by atoms with Crippen molar-refractivity contribution in [2.45, 2.75) is 45.9 Å². The van der Waals surface area contributed by atoms with E-state index in [-0.39, 0.29) is 11.5 Å². The number of aromatic nitrogens is 3. The summed E-state index contributed by atoms with van der Waals surface area (Å²) in [5.74, 6) is 0.824. The van der Waals surface area contributed by atoms with E-state index in [1.54, 1.807) is 0 Å². The minimum atomic E-state index is 0.0744. The zero-order valence-electron chi connectivity index (χ0n) is 15.7. The number of hydrogen-bond donors (Lipinski definition) is 0. The molecule has 3 aromatic rings. The van der Waals surface area contributed by atoms with Gasteiger partial charge in [-0.3, -0.25) is 4.79 Å². The molecule has 2 aromatic heterocycles. The van der Waals surface area contributed by atoms with Crippen molar-refractivity contribution >= 4 is 17.5 Å². The lowest BCUT2D eigenvalue weighted by atomic mass is 10.1. The van der Waals surface area contributed by atoms with E-state index in [1.165, 1.54) is 11.8 Å². The minimum absolute atomic E-state index is 0.0744. The second kappa shape index (κ2) is 7.50. The van der Waals surface area contributed by atoms with Crippen molar-refractivity contribution < 1.29 is 9.21 Å². The highest BCUT2D eigenvalue weighted by atomic mass is 32.2. The average Bonchev–Trinajstić information content (AvgIpc) is 3.17. The van der Waals surface area contributed by atoms with Gasteiger partial charge in [0.15, 0.2) is 5.78 Å². The van der Waals surface area contributed by atoms with Crippen LogP contribution in [0.5, 0.6) is 0 Å². The minimum Gasteiger partial charge on any atom is -0.411 e. The topological polar surface area (TPSA) is 60.9 Å². The molecule has 6 heteroatoms. The molecule has 0 atom stereocenters. The number of rotatable bonds is 6. The van der Waals surface area contributed by atoms with Gasteiger partial charge in [0.25, 0.3) is 5.22 Å². The molecule has 0 aliphatic heterocycles. The summed E-state index contributed by atoms with van der Waals surface area (Å²) in [6, 6.07) is 10.2. The first-order chi connectivity index (χ1) is 12.4. The molecular weight excluding hydrogens is 346 g/mol. The van der Waals surface area contributed by atoms with Gasteiger partial charge in [-0.1, -0.05) is 29.5 Å². The molecule has 0 bridgehead atoms. The Bertz CT molecular complexity index is 940. The number of nitrogens with zero attached hydrogens (tertiary/aromatic N) is 3. The summed E-state index contributed by atoms with van der Waals surface area (Å²) in [7, 11) is 0. The maximum atomic E-state index is 12.6. The lowest BCUT2D eigenvalue weighted by Gasteiger charge is -2.13. The van der Waals surface area contributed by atoms with Crippen LogP contribution in [0, 0.1) is 20.8 Å². The Morgan fingerprint density at radius 3 is 2.62 bits per heavy atom. The maximum absolute atomic E-state index is 12.6. The fraction of sp³-hybridized carbons (Fsp3) is 0.350. The maximum Gasteiger partial charge on any atom is 0.277 e. The third-order valence-electron chi connectivity index (χ3n) is 4.30.